The van der Waals surface area contributed by atoms with Crippen LogP contribution in [0, 0.1) is 0 Å². The third-order valence-corrected chi connectivity index (χ3v) is 30.2. The van der Waals surface area contributed by atoms with Crippen LogP contribution in [0.25, 0.3) is 0 Å². The van der Waals surface area contributed by atoms with E-state index in [1.54, 1.807) is 0 Å². The van der Waals surface area contributed by atoms with Gasteiger partial charge < -0.3 is 0 Å². The van der Waals surface area contributed by atoms with Crippen molar-refractivity contribution >= 4 is 42.4 Å². The molecule has 0 atom stereocenters. The van der Waals surface area contributed by atoms with Crippen molar-refractivity contribution in [3.8, 4) is 0 Å². The molecule has 1 radical (unpaired) electrons. The van der Waals surface area contributed by atoms with Gasteiger partial charge in [0.2, 0.25) is 0 Å². The van der Waals surface area contributed by atoms with Crippen LogP contribution in [0.5, 0.6) is 0 Å². The van der Waals surface area contributed by atoms with Crippen LogP contribution >= 0.6 is 26.8 Å². The summed E-state index contributed by atoms with van der Waals surface area (Å²) in [6, 6.07) is 0. The van der Waals surface area contributed by atoms with Gasteiger partial charge in [-0.3, -0.25) is 0 Å². The summed E-state index contributed by atoms with van der Waals surface area (Å²) in [6.45, 7) is 0. The maximum absolute atomic E-state index is 2.22. The first-order valence-corrected chi connectivity index (χ1v) is 16.0. The monoisotopic (exact) mass is 261 g/mol. The SMILES string of the molecule is C[S][Sn]([S]C)[S]C. The van der Waals surface area contributed by atoms with E-state index in [1.165, 1.54) is 0 Å². The number of hydrogen-bond donors (Lipinski definition) is 0. The van der Waals surface area contributed by atoms with E-state index in [9.17, 15) is 0 Å². The molecule has 0 aromatic carbocycles. The second-order valence-corrected chi connectivity index (χ2v) is 27.4. The van der Waals surface area contributed by atoms with Crippen molar-refractivity contribution in [2.45, 2.75) is 0 Å². The van der Waals surface area contributed by atoms with Gasteiger partial charge in [-0.15, -0.1) is 0 Å². The van der Waals surface area contributed by atoms with Crippen LogP contribution in [-0.2, 0) is 0 Å². The Hall–Kier alpha value is 1.85. The zero-order valence-corrected chi connectivity index (χ0v) is 10.0. The molecule has 0 aliphatic rings. The van der Waals surface area contributed by atoms with Crippen LogP contribution < -0.4 is 0 Å². The zero-order valence-electron chi connectivity index (χ0n) is 4.72. The molecule has 4 heteroatoms. The molecule has 7 heavy (non-hydrogen) atoms. The summed E-state index contributed by atoms with van der Waals surface area (Å²) in [5.74, 6) is 0. The van der Waals surface area contributed by atoms with E-state index in [4.69, 9.17) is 0 Å². The molecule has 0 N–H and O–H groups in total. The summed E-state index contributed by atoms with van der Waals surface area (Å²) in [7, 11) is 6.28. The molecule has 0 aliphatic heterocycles. The molecule has 0 rings (SSSR count). The topological polar surface area (TPSA) is 0 Å². The van der Waals surface area contributed by atoms with Gasteiger partial charge in [0.05, 0.1) is 0 Å². The van der Waals surface area contributed by atoms with E-state index < -0.39 is 15.6 Å². The van der Waals surface area contributed by atoms with E-state index in [0.717, 1.165) is 0 Å². The Morgan fingerprint density at radius 3 is 1.14 bits per heavy atom. The second kappa shape index (κ2) is 5.98. The van der Waals surface area contributed by atoms with Crippen LogP contribution in [0.2, 0.25) is 0 Å². The summed E-state index contributed by atoms with van der Waals surface area (Å²) in [5.41, 5.74) is 0. The van der Waals surface area contributed by atoms with Gasteiger partial charge in [-0.1, -0.05) is 0 Å². The molecule has 0 aliphatic carbocycles. The number of hydrogen-bond acceptors (Lipinski definition) is 3. The van der Waals surface area contributed by atoms with Crippen molar-refractivity contribution in [3.63, 3.8) is 0 Å². The molecule has 0 saturated carbocycles. The van der Waals surface area contributed by atoms with E-state index in [0.29, 0.717) is 0 Å². The molecule has 0 unspecified atom stereocenters. The van der Waals surface area contributed by atoms with E-state index in [2.05, 4.69) is 45.6 Å². The van der Waals surface area contributed by atoms with E-state index in [-0.39, 0.29) is 0 Å². The fraction of sp³-hybridized carbons (Fsp3) is 1.00. The standard InChI is InChI=1S/3CH4S.Sn/c3*1-2;/h3*2H,1H3;/q;;;+3/p-3. The van der Waals surface area contributed by atoms with Crippen molar-refractivity contribution < 1.29 is 0 Å². The van der Waals surface area contributed by atoms with E-state index >= 15 is 0 Å². The molecule has 0 bridgehead atoms. The van der Waals surface area contributed by atoms with Crippen molar-refractivity contribution in [2.24, 2.45) is 0 Å². The first kappa shape index (κ1) is 8.85. The molecule has 0 nitrogen and oxygen atoms in total. The Morgan fingerprint density at radius 1 is 0.857 bits per heavy atom. The van der Waals surface area contributed by atoms with Gasteiger partial charge >= 0.3 is 61.2 Å². The summed E-state index contributed by atoms with van der Waals surface area (Å²) < 4.78 is 0. The van der Waals surface area contributed by atoms with Gasteiger partial charge in [-0.2, -0.15) is 0 Å². The molecule has 0 amide bonds. The van der Waals surface area contributed by atoms with Gasteiger partial charge in [-0.05, 0) is 0 Å². The van der Waals surface area contributed by atoms with Crippen LogP contribution in [0.15, 0.2) is 0 Å². The predicted molar refractivity (Wildman–Crippen MR) is 46.3 cm³/mol. The summed E-state index contributed by atoms with van der Waals surface area (Å²) in [5, 5.41) is 0. The summed E-state index contributed by atoms with van der Waals surface area (Å²) >= 11 is -0.903. The molecule has 0 spiro atoms. The third-order valence-electron chi connectivity index (χ3n) is 0.500. The Balaban J connectivity index is 2.99. The maximum atomic E-state index is 2.22. The van der Waals surface area contributed by atoms with Gasteiger partial charge in [0, 0.05) is 0 Å². The minimum atomic E-state index is -0.903. The minimum absolute atomic E-state index is 0.903. The molecule has 0 aromatic rings. The van der Waals surface area contributed by atoms with Crippen LogP contribution in [0.4, 0.5) is 0 Å². The van der Waals surface area contributed by atoms with Crippen LogP contribution in [-0.4, -0.2) is 34.4 Å². The molecular formula is C3H9S3Sn. The van der Waals surface area contributed by atoms with Gasteiger partial charge in [0.1, 0.15) is 0 Å². The average molecular weight is 260 g/mol. The van der Waals surface area contributed by atoms with E-state index in [1.807, 2.05) is 0 Å². The van der Waals surface area contributed by atoms with Gasteiger partial charge in [0.15, 0.2) is 0 Å². The Kier molecular flexibility index (Phi) is 7.55. The summed E-state index contributed by atoms with van der Waals surface area (Å²) in [6.07, 6.45) is 6.67. The quantitative estimate of drug-likeness (QED) is 0.713. The Bertz CT molecular complexity index is 31.7. The van der Waals surface area contributed by atoms with Crippen LogP contribution in [0.1, 0.15) is 0 Å². The molecule has 43 valence electrons. The molecule has 0 aromatic heterocycles. The average Bonchev–Trinajstić information content (AvgIpc) is 1.72. The first-order valence-electron chi connectivity index (χ1n) is 1.84. The molecule has 0 fully saturated rings. The van der Waals surface area contributed by atoms with Crippen molar-refractivity contribution in [1.82, 2.24) is 0 Å². The normalized spacial score (nSPS) is 10.3. The predicted octanol–water partition coefficient (Wildman–Crippen LogP) is 2.06. The summed E-state index contributed by atoms with van der Waals surface area (Å²) in [4.78, 5) is 0. The first-order chi connectivity index (χ1) is 3.35. The third kappa shape index (κ3) is 4.36. The van der Waals surface area contributed by atoms with Crippen molar-refractivity contribution in [3.05, 3.63) is 0 Å². The molecule has 0 saturated heterocycles. The zero-order chi connectivity index (χ0) is 5.70. The fourth-order valence-corrected chi connectivity index (χ4v) is 15.1. The fourth-order valence-electron chi connectivity index (χ4n) is 0.250. The van der Waals surface area contributed by atoms with Gasteiger partial charge in [0.25, 0.3) is 0 Å². The molecule has 0 heterocycles. The van der Waals surface area contributed by atoms with Gasteiger partial charge in [-0.25, -0.2) is 0 Å². The van der Waals surface area contributed by atoms with Crippen molar-refractivity contribution in [1.29, 1.82) is 0 Å². The van der Waals surface area contributed by atoms with Crippen LogP contribution in [0.3, 0.4) is 0 Å². The Labute approximate surface area is 60.7 Å². The second-order valence-electron chi connectivity index (χ2n) is 0.862. The number of rotatable bonds is 3. The van der Waals surface area contributed by atoms with Crippen molar-refractivity contribution in [2.75, 3.05) is 18.8 Å². The molecular weight excluding hydrogens is 251 g/mol. The Morgan fingerprint density at radius 2 is 1.14 bits per heavy atom.